The van der Waals surface area contributed by atoms with E-state index in [0.29, 0.717) is 17.2 Å². The maximum atomic E-state index is 11.9. The van der Waals surface area contributed by atoms with Gasteiger partial charge in [0, 0.05) is 12.2 Å². The van der Waals surface area contributed by atoms with Crippen LogP contribution in [0, 0.1) is 5.92 Å². The Morgan fingerprint density at radius 1 is 1.05 bits per heavy atom. The highest BCUT2D eigenvalue weighted by Gasteiger charge is 2.12. The Hall–Kier alpha value is -1.03. The molecule has 1 N–H and O–H groups in total. The molecule has 1 aromatic carbocycles. The first kappa shape index (κ1) is 16.0. The first-order chi connectivity index (χ1) is 9.03. The number of sulfone groups is 1. The molecule has 0 amide bonds. The van der Waals surface area contributed by atoms with Crippen molar-refractivity contribution in [2.75, 3.05) is 17.6 Å². The second-order valence-electron chi connectivity index (χ2n) is 4.91. The van der Waals surface area contributed by atoms with Gasteiger partial charge in [-0.15, -0.1) is 0 Å². The lowest BCUT2D eigenvalue weighted by Gasteiger charge is -2.14. The van der Waals surface area contributed by atoms with Crippen molar-refractivity contribution >= 4 is 15.5 Å². The summed E-state index contributed by atoms with van der Waals surface area (Å²) in [5, 5.41) is 3.36. The second kappa shape index (κ2) is 7.53. The molecule has 0 unspecified atom stereocenters. The maximum absolute atomic E-state index is 11.9. The second-order valence-corrected chi connectivity index (χ2v) is 7.02. The molecule has 0 radical (unpaired) electrons. The Bertz CT molecular complexity index is 461. The predicted octanol–water partition coefficient (Wildman–Crippen LogP) is 3.72. The summed E-state index contributed by atoms with van der Waals surface area (Å²) in [7, 11) is -3.10. The Morgan fingerprint density at radius 3 is 2.11 bits per heavy atom. The fourth-order valence-corrected chi connectivity index (χ4v) is 3.33. The average Bonchev–Trinajstić information content (AvgIpc) is 2.40. The van der Waals surface area contributed by atoms with Crippen LogP contribution in [0.1, 0.15) is 40.0 Å². The summed E-state index contributed by atoms with van der Waals surface area (Å²) < 4.78 is 23.8. The minimum atomic E-state index is -3.10. The fraction of sp³-hybridized carbons (Fsp3) is 0.600. The molecule has 0 spiro atoms. The van der Waals surface area contributed by atoms with Crippen LogP contribution in [0.3, 0.4) is 0 Å². The number of hydrogen-bond acceptors (Lipinski definition) is 3. The molecule has 1 aromatic rings. The van der Waals surface area contributed by atoms with E-state index in [1.54, 1.807) is 12.1 Å². The molecular weight excluding hydrogens is 258 g/mol. The van der Waals surface area contributed by atoms with Gasteiger partial charge in [0.15, 0.2) is 9.84 Å². The van der Waals surface area contributed by atoms with Crippen molar-refractivity contribution in [3.63, 3.8) is 0 Å². The summed E-state index contributed by atoms with van der Waals surface area (Å²) in [5.41, 5.74) is 0.988. The van der Waals surface area contributed by atoms with E-state index in [1.807, 2.05) is 19.1 Å². The van der Waals surface area contributed by atoms with Crippen LogP contribution in [0.4, 0.5) is 5.69 Å². The zero-order valence-electron chi connectivity index (χ0n) is 12.1. The van der Waals surface area contributed by atoms with Crippen molar-refractivity contribution < 1.29 is 8.42 Å². The van der Waals surface area contributed by atoms with Gasteiger partial charge in [0.05, 0.1) is 10.6 Å². The predicted molar refractivity (Wildman–Crippen MR) is 81.3 cm³/mol. The summed E-state index contributed by atoms with van der Waals surface area (Å²) in [6.07, 6.45) is 2.97. The number of hydrogen-bond donors (Lipinski definition) is 1. The molecule has 0 heterocycles. The molecule has 0 aromatic heterocycles. The smallest absolute Gasteiger partial charge is 0.178 e. The van der Waals surface area contributed by atoms with Crippen LogP contribution >= 0.6 is 0 Å². The molecule has 19 heavy (non-hydrogen) atoms. The van der Waals surface area contributed by atoms with Gasteiger partial charge in [0.2, 0.25) is 0 Å². The van der Waals surface area contributed by atoms with E-state index in [9.17, 15) is 8.42 Å². The van der Waals surface area contributed by atoms with Crippen LogP contribution in [-0.2, 0) is 9.84 Å². The van der Waals surface area contributed by atoms with Crippen LogP contribution < -0.4 is 5.32 Å². The zero-order chi connectivity index (χ0) is 14.3. The van der Waals surface area contributed by atoms with Crippen LogP contribution in [-0.4, -0.2) is 20.7 Å². The lowest BCUT2D eigenvalue weighted by Crippen LogP contribution is -2.12. The maximum Gasteiger partial charge on any atom is 0.178 e. The molecule has 0 fully saturated rings. The molecule has 108 valence electrons. The third-order valence-corrected chi connectivity index (χ3v) is 5.37. The Kier molecular flexibility index (Phi) is 6.35. The van der Waals surface area contributed by atoms with Gasteiger partial charge in [-0.05, 0) is 36.6 Å². The van der Waals surface area contributed by atoms with Crippen LogP contribution in [0.25, 0.3) is 0 Å². The normalized spacial score (nSPS) is 11.8. The Labute approximate surface area is 117 Å². The monoisotopic (exact) mass is 283 g/mol. The minimum Gasteiger partial charge on any atom is -0.385 e. The van der Waals surface area contributed by atoms with E-state index in [0.717, 1.165) is 25.1 Å². The van der Waals surface area contributed by atoms with Crippen molar-refractivity contribution in [2.24, 2.45) is 5.92 Å². The lowest BCUT2D eigenvalue weighted by atomic mass is 10.0. The van der Waals surface area contributed by atoms with Crippen molar-refractivity contribution in [1.29, 1.82) is 0 Å². The van der Waals surface area contributed by atoms with Gasteiger partial charge in [0.25, 0.3) is 0 Å². The van der Waals surface area contributed by atoms with E-state index >= 15 is 0 Å². The summed E-state index contributed by atoms with van der Waals surface area (Å²) in [4.78, 5) is 0.419. The summed E-state index contributed by atoms with van der Waals surface area (Å²) in [5.74, 6) is 0.886. The quantitative estimate of drug-likeness (QED) is 0.791. The van der Waals surface area contributed by atoms with Gasteiger partial charge in [-0.25, -0.2) is 8.42 Å². The van der Waals surface area contributed by atoms with Crippen molar-refractivity contribution in [2.45, 2.75) is 44.9 Å². The first-order valence-corrected chi connectivity index (χ1v) is 8.75. The molecule has 3 nitrogen and oxygen atoms in total. The van der Waals surface area contributed by atoms with Gasteiger partial charge < -0.3 is 5.32 Å². The zero-order valence-corrected chi connectivity index (χ0v) is 13.0. The van der Waals surface area contributed by atoms with Gasteiger partial charge in [-0.2, -0.15) is 0 Å². The van der Waals surface area contributed by atoms with Gasteiger partial charge >= 0.3 is 0 Å². The molecule has 0 bridgehead atoms. The average molecular weight is 283 g/mol. The molecule has 0 atom stereocenters. The minimum absolute atomic E-state index is 0.216. The SMILES string of the molecule is CCCS(=O)(=O)c1ccc(NCC(CC)CC)cc1. The van der Waals surface area contributed by atoms with E-state index in [2.05, 4.69) is 19.2 Å². The van der Waals surface area contributed by atoms with Gasteiger partial charge in [0.1, 0.15) is 0 Å². The lowest BCUT2D eigenvalue weighted by molar-refractivity contribution is 0.519. The van der Waals surface area contributed by atoms with Gasteiger partial charge in [-0.3, -0.25) is 0 Å². The number of benzene rings is 1. The first-order valence-electron chi connectivity index (χ1n) is 7.10. The van der Waals surface area contributed by atoms with E-state index in [4.69, 9.17) is 0 Å². The highest BCUT2D eigenvalue weighted by Crippen LogP contribution is 2.17. The molecule has 0 aliphatic carbocycles. The van der Waals surface area contributed by atoms with Crippen LogP contribution in [0.2, 0.25) is 0 Å². The number of rotatable bonds is 8. The summed E-state index contributed by atoms with van der Waals surface area (Å²) >= 11 is 0. The molecule has 4 heteroatoms. The highest BCUT2D eigenvalue weighted by molar-refractivity contribution is 7.91. The largest absolute Gasteiger partial charge is 0.385 e. The van der Waals surface area contributed by atoms with Crippen molar-refractivity contribution in [3.8, 4) is 0 Å². The summed E-state index contributed by atoms with van der Waals surface area (Å²) in [6.45, 7) is 7.20. The molecule has 0 aliphatic rings. The van der Waals surface area contributed by atoms with E-state index in [1.165, 1.54) is 0 Å². The molecule has 0 saturated heterocycles. The highest BCUT2D eigenvalue weighted by atomic mass is 32.2. The number of anilines is 1. The molecule has 0 aliphatic heterocycles. The third-order valence-electron chi connectivity index (χ3n) is 3.44. The Balaban J connectivity index is 2.67. The Morgan fingerprint density at radius 2 is 1.63 bits per heavy atom. The topological polar surface area (TPSA) is 46.2 Å². The molecular formula is C15H25NO2S. The van der Waals surface area contributed by atoms with Crippen LogP contribution in [0.15, 0.2) is 29.2 Å². The van der Waals surface area contributed by atoms with Crippen molar-refractivity contribution in [1.82, 2.24) is 0 Å². The summed E-state index contributed by atoms with van der Waals surface area (Å²) in [6, 6.07) is 7.09. The van der Waals surface area contributed by atoms with Crippen LogP contribution in [0.5, 0.6) is 0 Å². The molecule has 0 saturated carbocycles. The standard InChI is InChI=1S/C15H25NO2S/c1-4-11-19(17,18)15-9-7-14(8-10-15)16-12-13(5-2)6-3/h7-10,13,16H,4-6,11-12H2,1-3H3. The fourth-order valence-electron chi connectivity index (χ4n) is 2.01. The van der Waals surface area contributed by atoms with Gasteiger partial charge in [-0.1, -0.05) is 33.6 Å². The van der Waals surface area contributed by atoms with E-state index in [-0.39, 0.29) is 5.75 Å². The third kappa shape index (κ3) is 4.86. The molecule has 1 rings (SSSR count). The number of nitrogens with one attached hydrogen (secondary N) is 1. The van der Waals surface area contributed by atoms with Crippen molar-refractivity contribution in [3.05, 3.63) is 24.3 Å². The van der Waals surface area contributed by atoms with E-state index < -0.39 is 9.84 Å².